The van der Waals surface area contributed by atoms with Crippen molar-refractivity contribution < 1.29 is 14.0 Å². The summed E-state index contributed by atoms with van der Waals surface area (Å²) in [5.74, 6) is 0.653. The third-order valence-electron chi connectivity index (χ3n) is 6.49. The summed E-state index contributed by atoms with van der Waals surface area (Å²) in [6, 6.07) is 7.20. The molecular weight excluding hydrogens is 517 g/mol. The van der Waals surface area contributed by atoms with Gasteiger partial charge in [0.25, 0.3) is 5.91 Å². The Labute approximate surface area is 213 Å². The molecule has 1 saturated heterocycles. The Morgan fingerprint density at radius 3 is 2.60 bits per heavy atom. The van der Waals surface area contributed by atoms with Crippen molar-refractivity contribution in [2.24, 2.45) is 5.92 Å². The minimum atomic E-state index is -0.575. The fourth-order valence-corrected chi connectivity index (χ4v) is 4.78. The molecule has 35 heavy (non-hydrogen) atoms. The van der Waals surface area contributed by atoms with E-state index in [-0.39, 0.29) is 30.3 Å². The minimum absolute atomic E-state index is 0.0348. The van der Waals surface area contributed by atoms with E-state index in [9.17, 15) is 14.0 Å². The van der Waals surface area contributed by atoms with Gasteiger partial charge < -0.3 is 25.8 Å². The maximum atomic E-state index is 12.8. The fraction of sp³-hybridized carbons (Fsp3) is 0.500. The van der Waals surface area contributed by atoms with Crippen molar-refractivity contribution in [1.29, 1.82) is 0 Å². The van der Waals surface area contributed by atoms with Crippen molar-refractivity contribution in [3.8, 4) is 0 Å². The van der Waals surface area contributed by atoms with Crippen LogP contribution >= 0.6 is 15.9 Å². The highest BCUT2D eigenvalue weighted by Crippen LogP contribution is 2.31. The van der Waals surface area contributed by atoms with Gasteiger partial charge in [0.2, 0.25) is 11.9 Å². The van der Waals surface area contributed by atoms with Crippen molar-refractivity contribution in [1.82, 2.24) is 25.1 Å². The molecule has 3 N–H and O–H groups in total. The lowest BCUT2D eigenvalue weighted by atomic mass is 10.0. The maximum absolute atomic E-state index is 12.8. The smallest absolute Gasteiger partial charge is 0.253 e. The number of halogens is 2. The van der Waals surface area contributed by atoms with Gasteiger partial charge in [-0.25, -0.2) is 9.37 Å². The van der Waals surface area contributed by atoms with Gasteiger partial charge in [0.15, 0.2) is 0 Å². The Bertz CT molecular complexity index is 1030. The summed E-state index contributed by atoms with van der Waals surface area (Å²) in [5, 5.41) is 9.18. The molecule has 188 valence electrons. The van der Waals surface area contributed by atoms with Gasteiger partial charge in [0.05, 0.1) is 10.4 Å². The SMILES string of the molecule is CN1CCN(C(=O)c2ccc(Nc3ncc(Br)c(N[C@@H]4CCC[C@@H]4C(=O)NCCF)n3)cc2)CC1. The lowest BCUT2D eigenvalue weighted by molar-refractivity contribution is -0.125. The minimum Gasteiger partial charge on any atom is -0.365 e. The molecule has 1 aliphatic carbocycles. The molecule has 0 unspecified atom stereocenters. The van der Waals surface area contributed by atoms with Crippen LogP contribution in [-0.4, -0.2) is 84.1 Å². The number of amides is 2. The number of hydrogen-bond acceptors (Lipinski definition) is 7. The first-order valence-corrected chi connectivity index (χ1v) is 12.7. The van der Waals surface area contributed by atoms with Crippen LogP contribution in [0.1, 0.15) is 29.6 Å². The molecule has 4 rings (SSSR count). The highest BCUT2D eigenvalue weighted by Gasteiger charge is 2.33. The summed E-state index contributed by atoms with van der Waals surface area (Å²) in [6.45, 7) is 2.69. The number of carbonyl (C=O) groups excluding carboxylic acids is 2. The quantitative estimate of drug-likeness (QED) is 0.466. The number of nitrogens with one attached hydrogen (secondary N) is 3. The second-order valence-corrected chi connectivity index (χ2v) is 9.81. The summed E-state index contributed by atoms with van der Waals surface area (Å²) >= 11 is 3.48. The fourth-order valence-electron chi connectivity index (χ4n) is 4.47. The van der Waals surface area contributed by atoms with Crippen LogP contribution in [0.4, 0.5) is 21.8 Å². The van der Waals surface area contributed by atoms with Crippen LogP contribution in [-0.2, 0) is 4.79 Å². The Balaban J connectivity index is 1.39. The molecule has 11 heteroatoms. The van der Waals surface area contributed by atoms with Crippen molar-refractivity contribution >= 4 is 45.2 Å². The first-order chi connectivity index (χ1) is 16.9. The average molecular weight is 548 g/mol. The van der Waals surface area contributed by atoms with E-state index in [1.165, 1.54) is 0 Å². The third kappa shape index (κ3) is 6.46. The number of carbonyl (C=O) groups is 2. The average Bonchev–Trinajstić information content (AvgIpc) is 3.33. The molecule has 0 bridgehead atoms. The molecule has 9 nitrogen and oxygen atoms in total. The lowest BCUT2D eigenvalue weighted by Gasteiger charge is -2.32. The highest BCUT2D eigenvalue weighted by atomic mass is 79.9. The van der Waals surface area contributed by atoms with Crippen LogP contribution in [0, 0.1) is 5.92 Å². The van der Waals surface area contributed by atoms with Crippen molar-refractivity contribution in [2.45, 2.75) is 25.3 Å². The number of benzene rings is 1. The molecule has 0 radical (unpaired) electrons. The molecular formula is C24H31BrFN7O2. The molecule has 2 aromatic rings. The first-order valence-electron chi connectivity index (χ1n) is 11.9. The number of aromatic nitrogens is 2. The summed E-state index contributed by atoms with van der Waals surface area (Å²) < 4.78 is 13.1. The maximum Gasteiger partial charge on any atom is 0.253 e. The van der Waals surface area contributed by atoms with Crippen molar-refractivity contribution in [3.05, 3.63) is 40.5 Å². The molecule has 1 saturated carbocycles. The lowest BCUT2D eigenvalue weighted by Crippen LogP contribution is -2.47. The summed E-state index contributed by atoms with van der Waals surface area (Å²) in [6.07, 6.45) is 4.15. The van der Waals surface area contributed by atoms with Gasteiger partial charge in [-0.3, -0.25) is 9.59 Å². The second kappa shape index (κ2) is 11.8. The third-order valence-corrected chi connectivity index (χ3v) is 7.07. The van der Waals surface area contributed by atoms with E-state index in [4.69, 9.17) is 0 Å². The van der Waals surface area contributed by atoms with Crippen LogP contribution in [0.5, 0.6) is 0 Å². The van der Waals surface area contributed by atoms with Gasteiger partial charge in [0, 0.05) is 56.2 Å². The van der Waals surface area contributed by atoms with E-state index in [1.807, 2.05) is 17.0 Å². The zero-order valence-corrected chi connectivity index (χ0v) is 21.4. The number of nitrogens with zero attached hydrogens (tertiary/aromatic N) is 4. The Hall–Kier alpha value is -2.79. The van der Waals surface area contributed by atoms with Gasteiger partial charge in [-0.15, -0.1) is 0 Å². The van der Waals surface area contributed by atoms with Gasteiger partial charge in [-0.2, -0.15) is 4.98 Å². The molecule has 2 fully saturated rings. The molecule has 1 aliphatic heterocycles. The van der Waals surface area contributed by atoms with Crippen LogP contribution in [0.15, 0.2) is 34.9 Å². The Morgan fingerprint density at radius 1 is 1.14 bits per heavy atom. The molecule has 1 aromatic carbocycles. The monoisotopic (exact) mass is 547 g/mol. The van der Waals surface area contributed by atoms with E-state index in [1.54, 1.807) is 18.3 Å². The zero-order valence-electron chi connectivity index (χ0n) is 19.8. The first kappa shape index (κ1) is 25.3. The highest BCUT2D eigenvalue weighted by molar-refractivity contribution is 9.10. The zero-order chi connectivity index (χ0) is 24.8. The van der Waals surface area contributed by atoms with Gasteiger partial charge in [-0.05, 0) is 60.1 Å². The molecule has 0 spiro atoms. The van der Waals surface area contributed by atoms with Gasteiger partial charge in [0.1, 0.15) is 12.5 Å². The van der Waals surface area contributed by atoms with Crippen LogP contribution < -0.4 is 16.0 Å². The van der Waals surface area contributed by atoms with E-state index >= 15 is 0 Å². The van der Waals surface area contributed by atoms with Crippen LogP contribution in [0.3, 0.4) is 0 Å². The summed E-state index contributed by atoms with van der Waals surface area (Å²) in [5.41, 5.74) is 1.41. The molecule has 2 amide bonds. The van der Waals surface area contributed by atoms with Crippen LogP contribution in [0.25, 0.3) is 0 Å². The summed E-state index contributed by atoms with van der Waals surface area (Å²) in [4.78, 5) is 38.1. The number of piperazine rings is 1. The van der Waals surface area contributed by atoms with Crippen molar-refractivity contribution in [3.63, 3.8) is 0 Å². The molecule has 2 atom stereocenters. The predicted octanol–water partition coefficient (Wildman–Crippen LogP) is 3.04. The molecule has 1 aromatic heterocycles. The molecule has 2 aliphatic rings. The van der Waals surface area contributed by atoms with E-state index in [0.717, 1.165) is 51.1 Å². The predicted molar refractivity (Wildman–Crippen MR) is 137 cm³/mol. The largest absolute Gasteiger partial charge is 0.365 e. The number of likely N-dealkylation sites (N-methyl/N-ethyl adjacent to an activating group) is 1. The topological polar surface area (TPSA) is 102 Å². The Morgan fingerprint density at radius 2 is 1.89 bits per heavy atom. The van der Waals surface area contributed by atoms with E-state index in [0.29, 0.717) is 21.8 Å². The molecule has 2 heterocycles. The van der Waals surface area contributed by atoms with E-state index < -0.39 is 6.67 Å². The number of anilines is 3. The van der Waals surface area contributed by atoms with Gasteiger partial charge in [-0.1, -0.05) is 6.42 Å². The van der Waals surface area contributed by atoms with Crippen LogP contribution in [0.2, 0.25) is 0 Å². The second-order valence-electron chi connectivity index (χ2n) is 8.96. The van der Waals surface area contributed by atoms with Crippen molar-refractivity contribution in [2.75, 3.05) is 57.1 Å². The number of rotatable bonds is 8. The van der Waals surface area contributed by atoms with Gasteiger partial charge >= 0.3 is 0 Å². The standard InChI is InChI=1S/C24H31BrFN7O2/c1-32-11-13-33(14-12-32)23(35)16-5-7-17(8-6-16)29-24-28-15-19(25)21(31-24)30-20-4-2-3-18(20)22(34)27-10-9-26/h5-8,15,18,20H,2-4,9-14H2,1H3,(H,27,34)(H2,28,29,30,31)/t18-,20+/m0/s1. The normalized spacial score (nSPS) is 20.5. The Kier molecular flexibility index (Phi) is 8.50. The van der Waals surface area contributed by atoms with E-state index in [2.05, 4.69) is 53.8 Å². The number of hydrogen-bond donors (Lipinski definition) is 3. The summed E-state index contributed by atoms with van der Waals surface area (Å²) in [7, 11) is 2.06. The number of alkyl halides is 1.